The molecule has 0 amide bonds. The number of hydrogen-bond donors (Lipinski definition) is 0. The third kappa shape index (κ3) is 2.99. The van der Waals surface area contributed by atoms with Gasteiger partial charge in [-0.25, -0.2) is 0 Å². The number of carbonyl (C=O) groups is 1. The Bertz CT molecular complexity index is 377. The van der Waals surface area contributed by atoms with Crippen molar-refractivity contribution in [2.75, 3.05) is 6.61 Å². The number of para-hydroxylation sites is 1. The van der Waals surface area contributed by atoms with Gasteiger partial charge in [0.2, 0.25) is 5.24 Å². The minimum absolute atomic E-state index is 0.293. The Morgan fingerprint density at radius 3 is 2.25 bits per heavy atom. The summed E-state index contributed by atoms with van der Waals surface area (Å²) in [5.41, 5.74) is 1.48. The topological polar surface area (TPSA) is 26.3 Å². The third-order valence-corrected chi connectivity index (χ3v) is 3.03. The lowest BCUT2D eigenvalue weighted by atomic mass is 9.97. The van der Waals surface area contributed by atoms with E-state index in [1.165, 1.54) is 0 Å². The number of rotatable bonds is 4. The van der Waals surface area contributed by atoms with E-state index in [-0.39, 0.29) is 5.24 Å². The Morgan fingerprint density at radius 2 is 1.81 bits per heavy atom. The summed E-state index contributed by atoms with van der Waals surface area (Å²) in [6.07, 6.45) is 0. The number of halogens is 1. The standard InChI is InChI=1S/C13H17ClO2/c1-9-6-5-7-10(2)11(9)16-8-13(3,4)12(14)15/h5-7H,8H2,1-4H3. The van der Waals surface area contributed by atoms with Gasteiger partial charge in [0.15, 0.2) is 0 Å². The fourth-order valence-corrected chi connectivity index (χ4v) is 1.39. The van der Waals surface area contributed by atoms with E-state index in [0.717, 1.165) is 16.9 Å². The number of ether oxygens (including phenoxy) is 1. The smallest absolute Gasteiger partial charge is 0.230 e. The van der Waals surface area contributed by atoms with Gasteiger partial charge in [-0.05, 0) is 50.4 Å². The van der Waals surface area contributed by atoms with E-state index in [1.807, 2.05) is 32.0 Å². The van der Waals surface area contributed by atoms with Crippen LogP contribution in [0.25, 0.3) is 0 Å². The fourth-order valence-electron chi connectivity index (χ4n) is 1.34. The summed E-state index contributed by atoms with van der Waals surface area (Å²) in [7, 11) is 0. The third-order valence-electron chi connectivity index (χ3n) is 2.52. The number of hydrogen-bond acceptors (Lipinski definition) is 2. The molecule has 0 saturated heterocycles. The minimum Gasteiger partial charge on any atom is -0.492 e. The van der Waals surface area contributed by atoms with E-state index in [2.05, 4.69) is 0 Å². The minimum atomic E-state index is -0.656. The van der Waals surface area contributed by atoms with Crippen molar-refractivity contribution in [3.8, 4) is 5.75 Å². The Balaban J connectivity index is 2.79. The zero-order valence-corrected chi connectivity index (χ0v) is 10.9. The van der Waals surface area contributed by atoms with Crippen LogP contribution in [0.4, 0.5) is 0 Å². The molecule has 0 heterocycles. The van der Waals surface area contributed by atoms with E-state index >= 15 is 0 Å². The molecule has 0 radical (unpaired) electrons. The maximum Gasteiger partial charge on any atom is 0.230 e. The molecule has 0 aliphatic carbocycles. The monoisotopic (exact) mass is 240 g/mol. The Kier molecular flexibility index (Phi) is 3.98. The van der Waals surface area contributed by atoms with Crippen molar-refractivity contribution in [1.82, 2.24) is 0 Å². The molecular weight excluding hydrogens is 224 g/mol. The maximum atomic E-state index is 11.1. The average molecular weight is 241 g/mol. The van der Waals surface area contributed by atoms with Crippen LogP contribution in [0.15, 0.2) is 18.2 Å². The van der Waals surface area contributed by atoms with E-state index < -0.39 is 5.41 Å². The first-order chi connectivity index (χ1) is 7.34. The molecule has 0 N–H and O–H groups in total. The molecule has 1 rings (SSSR count). The van der Waals surface area contributed by atoms with Crippen molar-refractivity contribution < 1.29 is 9.53 Å². The van der Waals surface area contributed by atoms with Crippen LogP contribution in [0.5, 0.6) is 5.75 Å². The lowest BCUT2D eigenvalue weighted by molar-refractivity contribution is -0.120. The molecule has 3 heteroatoms. The van der Waals surface area contributed by atoms with Gasteiger partial charge in [-0.3, -0.25) is 4.79 Å². The number of carbonyl (C=O) groups excluding carboxylic acids is 1. The summed E-state index contributed by atoms with van der Waals surface area (Å²) in [5, 5.41) is -0.376. The number of benzene rings is 1. The molecule has 2 nitrogen and oxygen atoms in total. The SMILES string of the molecule is Cc1cccc(C)c1OCC(C)(C)C(=O)Cl. The van der Waals surface area contributed by atoms with Crippen LogP contribution >= 0.6 is 11.6 Å². The molecule has 0 aliphatic rings. The molecule has 0 fully saturated rings. The zero-order chi connectivity index (χ0) is 12.3. The maximum absolute atomic E-state index is 11.1. The molecular formula is C13H17ClO2. The first kappa shape index (κ1) is 13.0. The zero-order valence-electron chi connectivity index (χ0n) is 10.1. The molecule has 0 aromatic heterocycles. The molecule has 16 heavy (non-hydrogen) atoms. The van der Waals surface area contributed by atoms with Crippen molar-refractivity contribution >= 4 is 16.8 Å². The van der Waals surface area contributed by atoms with Gasteiger partial charge in [0.1, 0.15) is 12.4 Å². The largest absolute Gasteiger partial charge is 0.492 e. The van der Waals surface area contributed by atoms with Gasteiger partial charge in [0.05, 0.1) is 5.41 Å². The second kappa shape index (κ2) is 4.88. The highest BCUT2D eigenvalue weighted by atomic mass is 35.5. The molecule has 0 spiro atoms. The first-order valence-electron chi connectivity index (χ1n) is 5.23. The van der Waals surface area contributed by atoms with Crippen molar-refractivity contribution in [2.24, 2.45) is 5.41 Å². The van der Waals surface area contributed by atoms with E-state index in [9.17, 15) is 4.79 Å². The van der Waals surface area contributed by atoms with Crippen molar-refractivity contribution in [3.05, 3.63) is 29.3 Å². The van der Waals surface area contributed by atoms with Gasteiger partial charge in [0, 0.05) is 0 Å². The Hall–Kier alpha value is -1.02. The van der Waals surface area contributed by atoms with Gasteiger partial charge >= 0.3 is 0 Å². The lowest BCUT2D eigenvalue weighted by Crippen LogP contribution is -2.27. The van der Waals surface area contributed by atoms with Crippen LogP contribution in [-0.2, 0) is 4.79 Å². The first-order valence-corrected chi connectivity index (χ1v) is 5.61. The molecule has 0 bridgehead atoms. The van der Waals surface area contributed by atoms with E-state index in [1.54, 1.807) is 13.8 Å². The quantitative estimate of drug-likeness (QED) is 0.754. The van der Waals surface area contributed by atoms with Gasteiger partial charge in [-0.15, -0.1) is 0 Å². The van der Waals surface area contributed by atoms with E-state index in [0.29, 0.717) is 6.61 Å². The van der Waals surface area contributed by atoms with Crippen molar-refractivity contribution in [3.63, 3.8) is 0 Å². The molecule has 1 aromatic rings. The summed E-state index contributed by atoms with van der Waals surface area (Å²) in [4.78, 5) is 11.1. The van der Waals surface area contributed by atoms with Crippen molar-refractivity contribution in [1.29, 1.82) is 0 Å². The summed E-state index contributed by atoms with van der Waals surface area (Å²) in [6, 6.07) is 5.95. The highest BCUT2D eigenvalue weighted by Gasteiger charge is 2.27. The van der Waals surface area contributed by atoms with Gasteiger partial charge in [0.25, 0.3) is 0 Å². The predicted molar refractivity (Wildman–Crippen MR) is 66.1 cm³/mol. The highest BCUT2D eigenvalue weighted by molar-refractivity contribution is 6.64. The normalized spacial score (nSPS) is 11.3. The van der Waals surface area contributed by atoms with Crippen LogP contribution in [0.1, 0.15) is 25.0 Å². The van der Waals surface area contributed by atoms with E-state index in [4.69, 9.17) is 16.3 Å². The Labute approximate surface area is 102 Å². The second-order valence-corrected chi connectivity index (χ2v) is 5.01. The lowest BCUT2D eigenvalue weighted by Gasteiger charge is -2.21. The predicted octanol–water partition coefficient (Wildman–Crippen LogP) is 3.47. The molecule has 0 aliphatic heterocycles. The number of aryl methyl sites for hydroxylation is 2. The molecule has 88 valence electrons. The van der Waals surface area contributed by atoms with Crippen LogP contribution in [-0.4, -0.2) is 11.8 Å². The van der Waals surface area contributed by atoms with Gasteiger partial charge in [-0.1, -0.05) is 18.2 Å². The summed E-state index contributed by atoms with van der Waals surface area (Å²) < 4.78 is 5.69. The molecule has 0 unspecified atom stereocenters. The summed E-state index contributed by atoms with van der Waals surface area (Å²) >= 11 is 5.50. The van der Waals surface area contributed by atoms with Crippen LogP contribution < -0.4 is 4.74 Å². The fraction of sp³-hybridized carbons (Fsp3) is 0.462. The van der Waals surface area contributed by atoms with Crippen LogP contribution in [0.3, 0.4) is 0 Å². The highest BCUT2D eigenvalue weighted by Crippen LogP contribution is 2.26. The summed E-state index contributed by atoms with van der Waals surface area (Å²) in [6.45, 7) is 7.81. The van der Waals surface area contributed by atoms with Crippen LogP contribution in [0, 0.1) is 19.3 Å². The van der Waals surface area contributed by atoms with Crippen LogP contribution in [0.2, 0.25) is 0 Å². The second-order valence-electron chi connectivity index (χ2n) is 4.67. The molecule has 0 saturated carbocycles. The van der Waals surface area contributed by atoms with Gasteiger partial charge < -0.3 is 4.74 Å². The molecule has 1 aromatic carbocycles. The average Bonchev–Trinajstić information content (AvgIpc) is 2.16. The summed E-state index contributed by atoms with van der Waals surface area (Å²) in [5.74, 6) is 0.841. The van der Waals surface area contributed by atoms with Gasteiger partial charge in [-0.2, -0.15) is 0 Å². The van der Waals surface area contributed by atoms with Crippen molar-refractivity contribution in [2.45, 2.75) is 27.7 Å². The Morgan fingerprint density at radius 1 is 1.31 bits per heavy atom. The molecule has 0 atom stereocenters.